The quantitative estimate of drug-likeness (QED) is 0.794. The number of hydrogen-bond acceptors (Lipinski definition) is 2. The largest absolute Gasteiger partial charge is 0.269 e. The molecule has 0 aliphatic carbocycles. The Morgan fingerprint density at radius 1 is 1.00 bits per heavy atom. The van der Waals surface area contributed by atoms with Crippen molar-refractivity contribution in [3.8, 4) is 0 Å². The molecule has 21 heavy (non-hydrogen) atoms. The van der Waals surface area contributed by atoms with E-state index in [0.29, 0.717) is 21.8 Å². The minimum atomic E-state index is -0.324. The van der Waals surface area contributed by atoms with Crippen LogP contribution in [0.1, 0.15) is 11.1 Å². The van der Waals surface area contributed by atoms with Crippen molar-refractivity contribution in [2.45, 2.75) is 6.92 Å². The van der Waals surface area contributed by atoms with Crippen LogP contribution in [-0.4, -0.2) is 11.8 Å². The number of nitrogens with zero attached hydrogens (tertiary/aromatic N) is 1. The molecular formula is C17H12ClNO2. The number of aryl methyl sites for hydroxylation is 1. The molecular weight excluding hydrogens is 286 g/mol. The molecule has 104 valence electrons. The van der Waals surface area contributed by atoms with Crippen LogP contribution >= 0.6 is 11.6 Å². The fourth-order valence-electron chi connectivity index (χ4n) is 2.32. The molecule has 0 saturated carbocycles. The summed E-state index contributed by atoms with van der Waals surface area (Å²) in [4.78, 5) is 25.9. The maximum Gasteiger partial charge on any atom is 0.266 e. The van der Waals surface area contributed by atoms with Gasteiger partial charge in [0.1, 0.15) is 0 Å². The second kappa shape index (κ2) is 5.19. The first-order chi connectivity index (χ1) is 10.1. The average molecular weight is 298 g/mol. The molecule has 2 aromatic carbocycles. The maximum absolute atomic E-state index is 12.5. The highest BCUT2D eigenvalue weighted by molar-refractivity contribution is 6.43. The van der Waals surface area contributed by atoms with Gasteiger partial charge in [0.25, 0.3) is 11.8 Å². The van der Waals surface area contributed by atoms with Gasteiger partial charge in [-0.2, -0.15) is 0 Å². The number of halogens is 1. The van der Waals surface area contributed by atoms with Gasteiger partial charge in [0.15, 0.2) is 0 Å². The first-order valence-electron chi connectivity index (χ1n) is 6.49. The van der Waals surface area contributed by atoms with Crippen molar-refractivity contribution in [1.82, 2.24) is 0 Å². The minimum Gasteiger partial charge on any atom is -0.269 e. The summed E-state index contributed by atoms with van der Waals surface area (Å²) in [5.74, 6) is -0.636. The Balaban J connectivity index is 1.97. The van der Waals surface area contributed by atoms with Gasteiger partial charge in [-0.1, -0.05) is 35.9 Å². The summed E-state index contributed by atoms with van der Waals surface area (Å²) in [5, 5.41) is 0.590. The van der Waals surface area contributed by atoms with E-state index in [1.807, 2.05) is 25.1 Å². The number of hydrogen-bond donors (Lipinski definition) is 0. The van der Waals surface area contributed by atoms with Gasteiger partial charge >= 0.3 is 0 Å². The van der Waals surface area contributed by atoms with E-state index in [1.165, 1.54) is 11.0 Å². The van der Waals surface area contributed by atoms with Crippen LogP contribution in [0.2, 0.25) is 5.02 Å². The lowest BCUT2D eigenvalue weighted by Gasteiger charge is -2.15. The van der Waals surface area contributed by atoms with Crippen LogP contribution in [-0.2, 0) is 9.59 Å². The third-order valence-electron chi connectivity index (χ3n) is 3.34. The molecule has 4 heteroatoms. The van der Waals surface area contributed by atoms with Crippen molar-refractivity contribution in [3.63, 3.8) is 0 Å². The number of anilines is 1. The summed E-state index contributed by atoms with van der Waals surface area (Å²) in [7, 11) is 0. The molecule has 0 radical (unpaired) electrons. The zero-order valence-electron chi connectivity index (χ0n) is 11.3. The first-order valence-corrected chi connectivity index (χ1v) is 6.87. The molecule has 1 aliphatic rings. The normalized spacial score (nSPS) is 14.6. The SMILES string of the molecule is Cc1cccc(N2C(=O)C=C(c3ccc(Cl)cc3)C2=O)c1. The number of benzene rings is 2. The fraction of sp³-hybridized carbons (Fsp3) is 0.0588. The topological polar surface area (TPSA) is 37.4 Å². The van der Waals surface area contributed by atoms with Crippen molar-refractivity contribution in [2.75, 3.05) is 4.90 Å². The molecule has 3 nitrogen and oxygen atoms in total. The number of carbonyl (C=O) groups excluding carboxylic acids is 2. The Kier molecular flexibility index (Phi) is 3.35. The van der Waals surface area contributed by atoms with E-state index in [0.717, 1.165) is 5.56 Å². The summed E-state index contributed by atoms with van der Waals surface area (Å²) in [5.41, 5.74) is 2.66. The van der Waals surface area contributed by atoms with Gasteiger partial charge in [-0.05, 0) is 42.3 Å². The highest BCUT2D eigenvalue weighted by atomic mass is 35.5. The lowest BCUT2D eigenvalue weighted by atomic mass is 10.1. The van der Waals surface area contributed by atoms with E-state index in [2.05, 4.69) is 0 Å². The van der Waals surface area contributed by atoms with E-state index in [-0.39, 0.29) is 11.8 Å². The molecule has 2 amide bonds. The first kappa shape index (κ1) is 13.6. The van der Waals surface area contributed by atoms with Gasteiger partial charge in [0.05, 0.1) is 11.3 Å². The average Bonchev–Trinajstić information content (AvgIpc) is 2.75. The second-order valence-electron chi connectivity index (χ2n) is 4.88. The molecule has 0 spiro atoms. The van der Waals surface area contributed by atoms with Crippen LogP contribution in [0.3, 0.4) is 0 Å². The molecule has 1 heterocycles. The van der Waals surface area contributed by atoms with E-state index in [1.54, 1.807) is 30.3 Å². The summed E-state index contributed by atoms with van der Waals surface area (Å²) in [6.45, 7) is 1.92. The molecule has 0 bridgehead atoms. The van der Waals surface area contributed by atoms with Crippen molar-refractivity contribution in [3.05, 3.63) is 70.8 Å². The van der Waals surface area contributed by atoms with E-state index in [4.69, 9.17) is 11.6 Å². The summed E-state index contributed by atoms with van der Waals surface area (Å²) in [6, 6.07) is 14.2. The molecule has 0 aromatic heterocycles. The van der Waals surface area contributed by atoms with Gasteiger partial charge in [-0.25, -0.2) is 4.90 Å². The van der Waals surface area contributed by atoms with Crippen molar-refractivity contribution in [2.24, 2.45) is 0 Å². The Morgan fingerprint density at radius 3 is 2.38 bits per heavy atom. The molecule has 3 rings (SSSR count). The minimum absolute atomic E-state index is 0.312. The van der Waals surface area contributed by atoms with Crippen molar-refractivity contribution >= 4 is 34.7 Å². The zero-order valence-corrected chi connectivity index (χ0v) is 12.1. The molecule has 0 atom stereocenters. The van der Waals surface area contributed by atoms with E-state index < -0.39 is 0 Å². The van der Waals surface area contributed by atoms with Crippen LogP contribution in [0.15, 0.2) is 54.6 Å². The van der Waals surface area contributed by atoms with E-state index in [9.17, 15) is 9.59 Å². The van der Waals surface area contributed by atoms with Gasteiger partial charge in [-0.15, -0.1) is 0 Å². The lowest BCUT2D eigenvalue weighted by Crippen LogP contribution is -2.30. The second-order valence-corrected chi connectivity index (χ2v) is 5.32. The van der Waals surface area contributed by atoms with Crippen LogP contribution in [0.4, 0.5) is 5.69 Å². The standard InChI is InChI=1S/C17H12ClNO2/c1-11-3-2-4-14(9-11)19-16(20)10-15(17(19)21)12-5-7-13(18)8-6-12/h2-10H,1H3. The molecule has 0 fully saturated rings. The third-order valence-corrected chi connectivity index (χ3v) is 3.59. The predicted molar refractivity (Wildman–Crippen MR) is 83.1 cm³/mol. The predicted octanol–water partition coefficient (Wildman–Crippen LogP) is 3.61. The van der Waals surface area contributed by atoms with Crippen LogP contribution < -0.4 is 4.90 Å². The van der Waals surface area contributed by atoms with Crippen LogP contribution in [0.5, 0.6) is 0 Å². The van der Waals surface area contributed by atoms with Gasteiger partial charge in [-0.3, -0.25) is 9.59 Å². The van der Waals surface area contributed by atoms with Crippen LogP contribution in [0, 0.1) is 6.92 Å². The highest BCUT2D eigenvalue weighted by Gasteiger charge is 2.32. The number of imide groups is 1. The summed E-state index contributed by atoms with van der Waals surface area (Å²) in [6.07, 6.45) is 1.37. The Morgan fingerprint density at radius 2 is 1.71 bits per heavy atom. The molecule has 0 saturated heterocycles. The number of carbonyl (C=O) groups is 2. The van der Waals surface area contributed by atoms with Gasteiger partial charge in [0.2, 0.25) is 0 Å². The smallest absolute Gasteiger partial charge is 0.266 e. The molecule has 0 N–H and O–H groups in total. The molecule has 0 unspecified atom stereocenters. The van der Waals surface area contributed by atoms with Crippen LogP contribution in [0.25, 0.3) is 5.57 Å². The van der Waals surface area contributed by atoms with Crippen molar-refractivity contribution in [1.29, 1.82) is 0 Å². The van der Waals surface area contributed by atoms with Gasteiger partial charge < -0.3 is 0 Å². The fourth-order valence-corrected chi connectivity index (χ4v) is 2.44. The third kappa shape index (κ3) is 2.48. The maximum atomic E-state index is 12.5. The summed E-state index contributed by atoms with van der Waals surface area (Å²) >= 11 is 5.84. The Bertz CT molecular complexity index is 763. The number of amides is 2. The Hall–Kier alpha value is -2.39. The molecule has 1 aliphatic heterocycles. The zero-order chi connectivity index (χ0) is 15.0. The lowest BCUT2D eigenvalue weighted by molar-refractivity contribution is -0.119. The number of rotatable bonds is 2. The summed E-state index contributed by atoms with van der Waals surface area (Å²) < 4.78 is 0. The highest BCUT2D eigenvalue weighted by Crippen LogP contribution is 2.29. The van der Waals surface area contributed by atoms with E-state index >= 15 is 0 Å². The Labute approximate surface area is 127 Å². The molecule has 2 aromatic rings. The van der Waals surface area contributed by atoms with Gasteiger partial charge in [0, 0.05) is 11.1 Å². The van der Waals surface area contributed by atoms with Crippen molar-refractivity contribution < 1.29 is 9.59 Å². The monoisotopic (exact) mass is 297 g/mol.